The molecule has 0 radical (unpaired) electrons. The third-order valence-electron chi connectivity index (χ3n) is 11.2. The van der Waals surface area contributed by atoms with Crippen LogP contribution in [-0.4, -0.2) is 94.4 Å². The predicted molar refractivity (Wildman–Crippen MR) is 205 cm³/mol. The molecule has 10 nitrogen and oxygen atoms in total. The van der Waals surface area contributed by atoms with Crippen molar-refractivity contribution >= 4 is 43.1 Å². The standard InChI is InChI=1S/C39H50ClN3O7S2/c1-4-5-16-39(45,17-7-18-42-19-21-51(46,47)22-20-42)34-12-9-31(34)25-43-26-38(15-6-8-29-23-32(40)11-13-33(29)38)27-50-36-14-10-30(24-35(36)43)37(44)41-52(48,49)28(2)3/h5,10-11,13-14,16,23-24,28,31,34,45H,4,6,8-9,12,15,18-22,25-27H2,1-3H3,(H,41,44)/b16-5+/t31-,34+,38-,39+/m0/s1. The number of aryl methyl sites for hydroxylation is 1. The first kappa shape index (κ1) is 38.6. The molecule has 2 aliphatic heterocycles. The normalized spacial score (nSPS) is 25.5. The van der Waals surface area contributed by atoms with Crippen molar-refractivity contribution in [3.8, 4) is 17.6 Å². The van der Waals surface area contributed by atoms with Crippen LogP contribution in [0, 0.1) is 23.7 Å². The van der Waals surface area contributed by atoms with E-state index >= 15 is 0 Å². The number of amides is 1. The Balaban J connectivity index is 1.32. The van der Waals surface area contributed by atoms with Crippen LogP contribution >= 0.6 is 11.6 Å². The van der Waals surface area contributed by atoms with Crippen molar-refractivity contribution in [2.75, 3.05) is 55.7 Å². The largest absolute Gasteiger partial charge is 0.490 e. The van der Waals surface area contributed by atoms with Crippen molar-refractivity contribution in [3.63, 3.8) is 0 Å². The van der Waals surface area contributed by atoms with Gasteiger partial charge in [0.25, 0.3) is 5.91 Å². The van der Waals surface area contributed by atoms with Gasteiger partial charge >= 0.3 is 0 Å². The third-order valence-corrected chi connectivity index (χ3v) is 14.8. The first-order chi connectivity index (χ1) is 24.6. The monoisotopic (exact) mass is 771 g/mol. The van der Waals surface area contributed by atoms with E-state index in [-0.39, 0.29) is 34.3 Å². The highest BCUT2D eigenvalue weighted by Crippen LogP contribution is 2.48. The van der Waals surface area contributed by atoms with Crippen molar-refractivity contribution < 1.29 is 31.5 Å². The quantitative estimate of drug-likeness (QED) is 0.274. The molecule has 0 unspecified atom stereocenters. The van der Waals surface area contributed by atoms with Gasteiger partial charge in [0.05, 0.1) is 35.6 Å². The van der Waals surface area contributed by atoms with Crippen LogP contribution in [0.25, 0.3) is 0 Å². The number of carbonyl (C=O) groups excluding carboxylic acids is 1. The molecule has 4 atom stereocenters. The molecule has 1 saturated carbocycles. The Morgan fingerprint density at radius 2 is 1.96 bits per heavy atom. The van der Waals surface area contributed by atoms with Gasteiger partial charge in [0.15, 0.2) is 9.84 Å². The van der Waals surface area contributed by atoms with Crippen molar-refractivity contribution in [3.05, 3.63) is 70.3 Å². The molecular weight excluding hydrogens is 722 g/mol. The molecule has 52 heavy (non-hydrogen) atoms. The number of ether oxygens (including phenoxy) is 1. The number of benzene rings is 2. The second kappa shape index (κ2) is 15.3. The highest BCUT2D eigenvalue weighted by Gasteiger charge is 2.47. The Hall–Kier alpha value is -3.08. The summed E-state index contributed by atoms with van der Waals surface area (Å²) in [5.74, 6) is 6.42. The summed E-state index contributed by atoms with van der Waals surface area (Å²) in [7, 11) is -6.85. The maximum Gasteiger partial charge on any atom is 0.264 e. The minimum atomic E-state index is -3.84. The van der Waals surface area contributed by atoms with E-state index in [0.717, 1.165) is 38.5 Å². The lowest BCUT2D eigenvalue weighted by molar-refractivity contribution is -0.00323. The Kier molecular flexibility index (Phi) is 11.4. The van der Waals surface area contributed by atoms with E-state index in [1.54, 1.807) is 18.2 Å². The maximum absolute atomic E-state index is 13.3. The van der Waals surface area contributed by atoms with Crippen LogP contribution in [0.2, 0.25) is 5.02 Å². The molecule has 2 N–H and O–H groups in total. The van der Waals surface area contributed by atoms with Crippen LogP contribution in [0.15, 0.2) is 48.6 Å². The number of sulfone groups is 1. The van der Waals surface area contributed by atoms with Gasteiger partial charge in [-0.25, -0.2) is 21.6 Å². The van der Waals surface area contributed by atoms with Crippen LogP contribution in [0.4, 0.5) is 5.69 Å². The molecule has 6 rings (SSSR count). The predicted octanol–water partition coefficient (Wildman–Crippen LogP) is 4.74. The maximum atomic E-state index is 13.3. The number of fused-ring (bicyclic) bond motifs is 3. The van der Waals surface area contributed by atoms with E-state index in [2.05, 4.69) is 27.5 Å². The van der Waals surface area contributed by atoms with E-state index in [1.165, 1.54) is 25.0 Å². The zero-order valence-corrected chi connectivity index (χ0v) is 32.6. The minimum absolute atomic E-state index is 0.0519. The molecule has 1 saturated heterocycles. The molecule has 1 amide bonds. The number of hydrogen-bond acceptors (Lipinski definition) is 9. The van der Waals surface area contributed by atoms with E-state index < -0.39 is 36.6 Å². The number of nitrogens with one attached hydrogen (secondary N) is 1. The van der Waals surface area contributed by atoms with Gasteiger partial charge in [0.1, 0.15) is 11.4 Å². The molecule has 2 aliphatic carbocycles. The fraction of sp³-hybridized carbons (Fsp3) is 0.564. The van der Waals surface area contributed by atoms with Crippen LogP contribution in [-0.2, 0) is 31.7 Å². The fourth-order valence-electron chi connectivity index (χ4n) is 7.97. The summed E-state index contributed by atoms with van der Waals surface area (Å²) in [6.45, 7) is 7.90. The number of anilines is 1. The topological polar surface area (TPSA) is 133 Å². The summed E-state index contributed by atoms with van der Waals surface area (Å²) in [4.78, 5) is 17.6. The first-order valence-corrected chi connectivity index (χ1v) is 22.1. The van der Waals surface area contributed by atoms with Gasteiger partial charge in [-0.2, -0.15) is 0 Å². The molecule has 0 bridgehead atoms. The number of carbonyl (C=O) groups is 1. The summed E-state index contributed by atoms with van der Waals surface area (Å²) >= 11 is 6.44. The number of aliphatic hydroxyl groups is 1. The van der Waals surface area contributed by atoms with E-state index in [4.69, 9.17) is 16.3 Å². The number of rotatable bonds is 9. The molecule has 13 heteroatoms. The van der Waals surface area contributed by atoms with Crippen molar-refractivity contribution in [1.82, 2.24) is 9.62 Å². The summed E-state index contributed by atoms with van der Waals surface area (Å²) in [6, 6.07) is 11.2. The molecule has 2 fully saturated rings. The van der Waals surface area contributed by atoms with Gasteiger partial charge in [-0.1, -0.05) is 42.5 Å². The van der Waals surface area contributed by atoms with Gasteiger partial charge in [-0.05, 0) is 106 Å². The third kappa shape index (κ3) is 8.34. The lowest BCUT2D eigenvalue weighted by Gasteiger charge is -2.47. The second-order valence-electron chi connectivity index (χ2n) is 15.1. The molecule has 2 aromatic rings. The Morgan fingerprint density at radius 3 is 2.65 bits per heavy atom. The Bertz CT molecular complexity index is 1980. The van der Waals surface area contributed by atoms with Crippen molar-refractivity contribution in [1.29, 1.82) is 0 Å². The summed E-state index contributed by atoms with van der Waals surface area (Å²) in [5.41, 5.74) is 1.59. The van der Waals surface area contributed by atoms with Gasteiger partial charge in [-0.15, -0.1) is 0 Å². The fourth-order valence-corrected chi connectivity index (χ4v) is 10.1. The van der Waals surface area contributed by atoms with Crippen LogP contribution in [0.3, 0.4) is 0 Å². The zero-order valence-electron chi connectivity index (χ0n) is 30.2. The molecule has 282 valence electrons. The van der Waals surface area contributed by atoms with Gasteiger partial charge in [-0.3, -0.25) is 9.69 Å². The summed E-state index contributed by atoms with van der Waals surface area (Å²) < 4.78 is 57.8. The minimum Gasteiger partial charge on any atom is -0.490 e. The van der Waals surface area contributed by atoms with E-state index in [1.807, 2.05) is 36.1 Å². The summed E-state index contributed by atoms with van der Waals surface area (Å²) in [5, 5.41) is 12.1. The smallest absolute Gasteiger partial charge is 0.264 e. The molecule has 1 spiro atoms. The second-order valence-corrected chi connectivity index (χ2v) is 20.1. The Morgan fingerprint density at radius 1 is 1.19 bits per heavy atom. The SMILES string of the molecule is CC/C=C/[C@@](O)(C#CCN1CCS(=O)(=O)CC1)[C@@H]1CC[C@H]1CN1C[C@@]2(CCCc3cc(Cl)ccc32)COc2ccc(C(=O)NS(=O)(=O)C(C)C)cc21. The highest BCUT2D eigenvalue weighted by molar-refractivity contribution is 7.91. The molecular formula is C39H50ClN3O7S2. The van der Waals surface area contributed by atoms with Gasteiger partial charge < -0.3 is 14.7 Å². The zero-order chi connectivity index (χ0) is 37.3. The molecule has 4 aliphatic rings. The average Bonchev–Trinajstić information content (AvgIpc) is 3.23. The van der Waals surface area contributed by atoms with E-state index in [9.17, 15) is 26.7 Å². The number of sulfonamides is 1. The lowest BCUT2D eigenvalue weighted by atomic mass is 9.64. The summed E-state index contributed by atoms with van der Waals surface area (Å²) in [6.07, 6.45) is 8.94. The van der Waals surface area contributed by atoms with Crippen LogP contribution in [0.1, 0.15) is 74.4 Å². The first-order valence-electron chi connectivity index (χ1n) is 18.3. The van der Waals surface area contributed by atoms with Crippen molar-refractivity contribution in [2.24, 2.45) is 11.8 Å². The molecule has 2 aromatic carbocycles. The van der Waals surface area contributed by atoms with E-state index in [0.29, 0.717) is 55.8 Å². The lowest BCUT2D eigenvalue weighted by Crippen LogP contribution is -2.52. The van der Waals surface area contributed by atoms with Gasteiger partial charge in [0, 0.05) is 48.1 Å². The highest BCUT2D eigenvalue weighted by atomic mass is 35.5. The average molecular weight is 772 g/mol. The van der Waals surface area contributed by atoms with Crippen LogP contribution < -0.4 is 14.4 Å². The van der Waals surface area contributed by atoms with Crippen molar-refractivity contribution in [2.45, 2.75) is 75.6 Å². The van der Waals surface area contributed by atoms with Gasteiger partial charge in [0.2, 0.25) is 10.0 Å². The molecule has 2 heterocycles. The number of allylic oxidation sites excluding steroid dienone is 1. The number of halogens is 1. The number of nitrogens with zero attached hydrogens (tertiary/aromatic N) is 2. The van der Waals surface area contributed by atoms with Crippen LogP contribution in [0.5, 0.6) is 5.75 Å². The molecule has 0 aromatic heterocycles. The number of hydrogen-bond donors (Lipinski definition) is 2. The Labute approximate surface area is 313 Å².